The van der Waals surface area contributed by atoms with Gasteiger partial charge in [-0.2, -0.15) is 5.10 Å². The topological polar surface area (TPSA) is 116 Å². The van der Waals surface area contributed by atoms with E-state index in [0.717, 1.165) is 11.4 Å². The molecule has 30 heavy (non-hydrogen) atoms. The van der Waals surface area contributed by atoms with Crippen LogP contribution in [0.15, 0.2) is 35.0 Å². The van der Waals surface area contributed by atoms with E-state index in [1.807, 2.05) is 6.07 Å². The Morgan fingerprint density at radius 2 is 2.20 bits per heavy atom. The molecule has 4 heterocycles. The minimum atomic E-state index is -2.38. The van der Waals surface area contributed by atoms with Crippen LogP contribution in [0, 0.1) is 0 Å². The van der Waals surface area contributed by atoms with Gasteiger partial charge in [-0.25, -0.2) is 13.8 Å². The highest BCUT2D eigenvalue weighted by Gasteiger charge is 2.25. The number of carbonyl (C=O) groups excluding carboxylic acids is 1. The van der Waals surface area contributed by atoms with Crippen molar-refractivity contribution in [2.45, 2.75) is 19.4 Å². The fraction of sp³-hybridized carbons (Fsp3) is 0.263. The minimum absolute atomic E-state index is 0.0964. The fourth-order valence-electron chi connectivity index (χ4n) is 3.61. The molecule has 3 aromatic heterocycles. The summed E-state index contributed by atoms with van der Waals surface area (Å²) in [6.07, 6.45) is -0.343. The van der Waals surface area contributed by atoms with E-state index in [4.69, 9.17) is 4.52 Å². The van der Waals surface area contributed by atoms with Crippen LogP contribution >= 0.6 is 0 Å². The molecule has 0 aliphatic carbocycles. The molecule has 0 bridgehead atoms. The first-order valence-corrected chi connectivity index (χ1v) is 9.36. The van der Waals surface area contributed by atoms with Crippen molar-refractivity contribution in [1.82, 2.24) is 30.2 Å². The summed E-state index contributed by atoms with van der Waals surface area (Å²) >= 11 is 0. The van der Waals surface area contributed by atoms with Gasteiger partial charge >= 0.3 is 0 Å². The van der Waals surface area contributed by atoms with Crippen molar-refractivity contribution in [3.63, 3.8) is 0 Å². The molecule has 4 aromatic rings. The Labute approximate surface area is 168 Å². The highest BCUT2D eigenvalue weighted by atomic mass is 19.3. The SMILES string of the molecule is O=C(Nc1cn[nH]c1-c1nc2c([nH]1)CN(CC(F)F)CC2)c1onc2ccccc12. The van der Waals surface area contributed by atoms with Crippen molar-refractivity contribution in [2.75, 3.05) is 18.4 Å². The van der Waals surface area contributed by atoms with E-state index in [1.54, 1.807) is 23.1 Å². The molecule has 9 nitrogen and oxygen atoms in total. The Bertz CT molecular complexity index is 1210. The van der Waals surface area contributed by atoms with Crippen LogP contribution in [0.25, 0.3) is 22.4 Å². The molecule has 0 radical (unpaired) electrons. The third-order valence-electron chi connectivity index (χ3n) is 5.02. The number of fused-ring (bicyclic) bond motifs is 2. The molecule has 5 rings (SSSR count). The van der Waals surface area contributed by atoms with Gasteiger partial charge in [-0.05, 0) is 12.1 Å². The van der Waals surface area contributed by atoms with Crippen LogP contribution in [-0.2, 0) is 13.0 Å². The first-order chi connectivity index (χ1) is 14.6. The second-order valence-electron chi connectivity index (χ2n) is 7.03. The number of rotatable bonds is 5. The monoisotopic (exact) mass is 413 g/mol. The number of hydrogen-bond acceptors (Lipinski definition) is 6. The highest BCUT2D eigenvalue weighted by Crippen LogP contribution is 2.28. The zero-order valence-electron chi connectivity index (χ0n) is 15.7. The summed E-state index contributed by atoms with van der Waals surface area (Å²) in [5, 5.41) is 14.1. The standard InChI is InChI=1S/C19H17F2N7O2/c20-15(21)9-28-6-5-12-14(8-28)24-18(23-12)16-13(7-22-26-16)25-19(29)17-10-3-1-2-4-11(10)27-30-17/h1-4,7,15H,5-6,8-9H2,(H,22,26)(H,23,24)(H,25,29). The minimum Gasteiger partial charge on any atom is -0.350 e. The van der Waals surface area contributed by atoms with E-state index in [2.05, 4.69) is 30.6 Å². The number of halogens is 2. The van der Waals surface area contributed by atoms with Gasteiger partial charge in [0.2, 0.25) is 5.76 Å². The number of anilines is 1. The zero-order valence-corrected chi connectivity index (χ0v) is 15.7. The summed E-state index contributed by atoms with van der Waals surface area (Å²) in [5.74, 6) is 0.110. The first-order valence-electron chi connectivity index (χ1n) is 9.36. The van der Waals surface area contributed by atoms with E-state index >= 15 is 0 Å². The summed E-state index contributed by atoms with van der Waals surface area (Å²) < 4.78 is 30.6. The van der Waals surface area contributed by atoms with E-state index in [9.17, 15) is 13.6 Å². The molecule has 154 valence electrons. The molecule has 0 fully saturated rings. The van der Waals surface area contributed by atoms with Crippen LogP contribution in [-0.4, -0.2) is 55.6 Å². The normalized spacial score (nSPS) is 14.4. The third kappa shape index (κ3) is 3.32. The van der Waals surface area contributed by atoms with Gasteiger partial charge in [-0.3, -0.25) is 14.8 Å². The zero-order chi connectivity index (χ0) is 20.7. The number of imidazole rings is 1. The molecule has 1 amide bonds. The summed E-state index contributed by atoms with van der Waals surface area (Å²) in [7, 11) is 0. The predicted octanol–water partition coefficient (Wildman–Crippen LogP) is 2.82. The maximum absolute atomic E-state index is 12.7. The van der Waals surface area contributed by atoms with Gasteiger partial charge in [0.1, 0.15) is 11.2 Å². The number of alkyl halides is 2. The van der Waals surface area contributed by atoms with Crippen LogP contribution in [0.5, 0.6) is 0 Å². The lowest BCUT2D eigenvalue weighted by Gasteiger charge is -2.25. The van der Waals surface area contributed by atoms with E-state index in [1.165, 1.54) is 6.20 Å². The summed E-state index contributed by atoms with van der Waals surface area (Å²) in [5.41, 5.74) is 3.09. The maximum atomic E-state index is 12.7. The van der Waals surface area contributed by atoms with Crippen LogP contribution < -0.4 is 5.32 Å². The first kappa shape index (κ1) is 18.4. The average Bonchev–Trinajstić information content (AvgIpc) is 3.44. The molecule has 0 spiro atoms. The van der Waals surface area contributed by atoms with Gasteiger partial charge in [-0.1, -0.05) is 17.3 Å². The molecule has 0 atom stereocenters. The van der Waals surface area contributed by atoms with Gasteiger partial charge in [0.15, 0.2) is 5.82 Å². The molecule has 3 N–H and O–H groups in total. The lowest BCUT2D eigenvalue weighted by molar-refractivity contribution is 0.0812. The van der Waals surface area contributed by atoms with E-state index in [-0.39, 0.29) is 12.3 Å². The number of aromatic amines is 2. The smallest absolute Gasteiger partial charge is 0.295 e. The van der Waals surface area contributed by atoms with Crippen LogP contribution in [0.4, 0.5) is 14.5 Å². The number of amides is 1. The molecule has 1 aliphatic rings. The van der Waals surface area contributed by atoms with Gasteiger partial charge in [0.25, 0.3) is 12.3 Å². The van der Waals surface area contributed by atoms with Crippen molar-refractivity contribution < 1.29 is 18.1 Å². The number of H-pyrrole nitrogens is 2. The third-order valence-corrected chi connectivity index (χ3v) is 5.02. The van der Waals surface area contributed by atoms with Gasteiger partial charge in [0, 0.05) is 19.5 Å². The number of benzene rings is 1. The quantitative estimate of drug-likeness (QED) is 0.463. The Balaban J connectivity index is 1.38. The van der Waals surface area contributed by atoms with Gasteiger partial charge in [-0.15, -0.1) is 0 Å². The van der Waals surface area contributed by atoms with E-state index in [0.29, 0.717) is 47.6 Å². The Kier molecular flexibility index (Phi) is 4.51. The second-order valence-corrected chi connectivity index (χ2v) is 7.03. The second kappa shape index (κ2) is 7.34. The molecular weight excluding hydrogens is 396 g/mol. The van der Waals surface area contributed by atoms with Crippen molar-refractivity contribution in [3.8, 4) is 11.5 Å². The lowest BCUT2D eigenvalue weighted by atomic mass is 10.1. The molecule has 0 saturated heterocycles. The Morgan fingerprint density at radius 1 is 1.33 bits per heavy atom. The van der Waals surface area contributed by atoms with Crippen molar-refractivity contribution in [3.05, 3.63) is 47.6 Å². The summed E-state index contributed by atoms with van der Waals surface area (Å²) in [4.78, 5) is 22.1. The van der Waals surface area contributed by atoms with Gasteiger partial charge < -0.3 is 14.8 Å². The van der Waals surface area contributed by atoms with Crippen molar-refractivity contribution >= 4 is 22.5 Å². The average molecular weight is 413 g/mol. The Hall–Kier alpha value is -3.60. The van der Waals surface area contributed by atoms with Crippen LogP contribution in [0.2, 0.25) is 0 Å². The largest absolute Gasteiger partial charge is 0.350 e. The van der Waals surface area contributed by atoms with Crippen molar-refractivity contribution in [2.24, 2.45) is 0 Å². The predicted molar refractivity (Wildman–Crippen MR) is 103 cm³/mol. The van der Waals surface area contributed by atoms with Crippen LogP contribution in [0.1, 0.15) is 21.9 Å². The molecule has 1 aromatic carbocycles. The lowest BCUT2D eigenvalue weighted by Crippen LogP contribution is -2.34. The number of aromatic nitrogens is 5. The number of nitrogens with one attached hydrogen (secondary N) is 3. The molecule has 11 heteroatoms. The molecule has 0 unspecified atom stereocenters. The Morgan fingerprint density at radius 3 is 3.07 bits per heavy atom. The molecule has 1 aliphatic heterocycles. The van der Waals surface area contributed by atoms with Crippen molar-refractivity contribution in [1.29, 1.82) is 0 Å². The molecular formula is C19H17F2N7O2. The highest BCUT2D eigenvalue weighted by molar-refractivity contribution is 6.11. The number of hydrogen-bond donors (Lipinski definition) is 3. The van der Waals surface area contributed by atoms with Gasteiger partial charge in [0.05, 0.1) is 35.2 Å². The fourth-order valence-corrected chi connectivity index (χ4v) is 3.61. The van der Waals surface area contributed by atoms with E-state index < -0.39 is 12.3 Å². The van der Waals surface area contributed by atoms with Crippen LogP contribution in [0.3, 0.4) is 0 Å². The molecule has 0 saturated carbocycles. The number of carbonyl (C=O) groups is 1. The summed E-state index contributed by atoms with van der Waals surface area (Å²) in [6, 6.07) is 7.11. The maximum Gasteiger partial charge on any atom is 0.295 e. The number of nitrogens with zero attached hydrogens (tertiary/aromatic N) is 4. The summed E-state index contributed by atoms with van der Waals surface area (Å²) in [6.45, 7) is 0.615.